The zero-order valence-electron chi connectivity index (χ0n) is 10.8. The average Bonchev–Trinajstić information content (AvgIpc) is 2.38. The summed E-state index contributed by atoms with van der Waals surface area (Å²) >= 11 is 0. The van der Waals surface area contributed by atoms with Gasteiger partial charge in [0.2, 0.25) is 5.95 Å². The van der Waals surface area contributed by atoms with Crippen molar-refractivity contribution in [2.24, 2.45) is 0 Å². The molecule has 7 heteroatoms. The van der Waals surface area contributed by atoms with Gasteiger partial charge in [0.05, 0.1) is 0 Å². The second-order valence-electron chi connectivity index (χ2n) is 4.76. The minimum Gasteiger partial charge on any atom is -0.254 e. The minimum atomic E-state index is -3.68. The van der Waals surface area contributed by atoms with Crippen LogP contribution in [0.15, 0.2) is 18.2 Å². The number of hydrogen-bond donors (Lipinski definition) is 1. The van der Waals surface area contributed by atoms with Crippen molar-refractivity contribution in [3.05, 3.63) is 24.1 Å². The quantitative estimate of drug-likeness (QED) is 0.863. The Morgan fingerprint density at radius 3 is 2.63 bits per heavy atom. The first-order chi connectivity index (χ1) is 8.99. The molecule has 1 N–H and O–H groups in total. The average molecular weight is 287 g/mol. The van der Waals surface area contributed by atoms with Crippen molar-refractivity contribution < 1.29 is 12.8 Å². The maximum absolute atomic E-state index is 12.9. The standard InChI is InChI=1S/C12H18FN3O2S/c1-16(10-6-3-2-4-7-10)19(17,18)15-12-9-5-8-11(13)14-12/h5,8-10H,2-4,6-7H2,1H3,(H,14,15). The molecule has 0 saturated heterocycles. The number of hydrogen-bond acceptors (Lipinski definition) is 3. The molecule has 0 radical (unpaired) electrons. The molecule has 2 rings (SSSR count). The second-order valence-corrected chi connectivity index (χ2v) is 6.49. The van der Waals surface area contributed by atoms with E-state index in [2.05, 4.69) is 9.71 Å². The summed E-state index contributed by atoms with van der Waals surface area (Å²) in [4.78, 5) is 3.50. The van der Waals surface area contributed by atoms with Crippen LogP contribution in [0, 0.1) is 5.95 Å². The highest BCUT2D eigenvalue weighted by molar-refractivity contribution is 7.90. The number of aromatic nitrogens is 1. The first-order valence-electron chi connectivity index (χ1n) is 6.37. The van der Waals surface area contributed by atoms with Crippen LogP contribution < -0.4 is 4.72 Å². The highest BCUT2D eigenvalue weighted by Gasteiger charge is 2.27. The normalized spacial score (nSPS) is 17.6. The Labute approximate surface area is 113 Å². The van der Waals surface area contributed by atoms with Crippen molar-refractivity contribution in [1.29, 1.82) is 0 Å². The molecule has 1 aliphatic carbocycles. The van der Waals surface area contributed by atoms with Crippen LogP contribution in [-0.4, -0.2) is 30.8 Å². The van der Waals surface area contributed by atoms with E-state index in [1.54, 1.807) is 7.05 Å². The summed E-state index contributed by atoms with van der Waals surface area (Å²) in [5.74, 6) is -0.705. The lowest BCUT2D eigenvalue weighted by Crippen LogP contribution is -2.41. The summed E-state index contributed by atoms with van der Waals surface area (Å²) in [5, 5.41) is 0. The van der Waals surface area contributed by atoms with E-state index < -0.39 is 16.2 Å². The van der Waals surface area contributed by atoms with E-state index in [4.69, 9.17) is 0 Å². The molecule has 0 amide bonds. The fourth-order valence-corrected chi connectivity index (χ4v) is 3.44. The van der Waals surface area contributed by atoms with Gasteiger partial charge >= 0.3 is 10.2 Å². The molecule has 0 spiro atoms. The highest BCUT2D eigenvalue weighted by Crippen LogP contribution is 2.23. The van der Waals surface area contributed by atoms with Crippen molar-refractivity contribution in [2.45, 2.75) is 38.1 Å². The van der Waals surface area contributed by atoms with Crippen LogP contribution in [0.5, 0.6) is 0 Å². The molecular weight excluding hydrogens is 269 g/mol. The Hall–Kier alpha value is -1.21. The first-order valence-corrected chi connectivity index (χ1v) is 7.81. The fourth-order valence-electron chi connectivity index (χ4n) is 2.31. The molecule has 1 aromatic heterocycles. The molecule has 1 aliphatic rings. The number of anilines is 1. The lowest BCUT2D eigenvalue weighted by atomic mass is 9.96. The van der Waals surface area contributed by atoms with E-state index in [0.29, 0.717) is 0 Å². The number of pyridine rings is 1. The minimum absolute atomic E-state index is 0.00246. The summed E-state index contributed by atoms with van der Waals surface area (Å²) in [6.45, 7) is 0. The molecule has 0 atom stereocenters. The molecule has 0 unspecified atom stereocenters. The molecule has 0 aromatic carbocycles. The van der Waals surface area contributed by atoms with E-state index in [-0.39, 0.29) is 11.9 Å². The molecule has 1 saturated carbocycles. The number of nitrogens with zero attached hydrogens (tertiary/aromatic N) is 2. The smallest absolute Gasteiger partial charge is 0.254 e. The van der Waals surface area contributed by atoms with E-state index >= 15 is 0 Å². The van der Waals surface area contributed by atoms with E-state index in [1.165, 1.54) is 22.5 Å². The van der Waals surface area contributed by atoms with Gasteiger partial charge < -0.3 is 0 Å². The van der Waals surface area contributed by atoms with Crippen LogP contribution in [0.4, 0.5) is 10.2 Å². The third kappa shape index (κ3) is 3.63. The molecule has 1 heterocycles. The maximum Gasteiger partial charge on any atom is 0.302 e. The monoisotopic (exact) mass is 287 g/mol. The zero-order chi connectivity index (χ0) is 13.9. The Morgan fingerprint density at radius 2 is 2.00 bits per heavy atom. The van der Waals surface area contributed by atoms with Crippen LogP contribution in [0.1, 0.15) is 32.1 Å². The third-order valence-corrected chi connectivity index (χ3v) is 4.94. The topological polar surface area (TPSA) is 62.3 Å². The fraction of sp³-hybridized carbons (Fsp3) is 0.583. The molecule has 5 nitrogen and oxygen atoms in total. The van der Waals surface area contributed by atoms with Crippen molar-refractivity contribution in [2.75, 3.05) is 11.8 Å². The van der Waals surface area contributed by atoms with E-state index in [9.17, 15) is 12.8 Å². The summed E-state index contributed by atoms with van der Waals surface area (Å²) in [7, 11) is -2.12. The summed E-state index contributed by atoms with van der Waals surface area (Å²) in [6, 6.07) is 4.03. The second kappa shape index (κ2) is 5.83. The van der Waals surface area contributed by atoms with Crippen LogP contribution in [0.25, 0.3) is 0 Å². The van der Waals surface area contributed by atoms with Crippen molar-refractivity contribution in [3.8, 4) is 0 Å². The van der Waals surface area contributed by atoms with Crippen LogP contribution in [0.2, 0.25) is 0 Å². The van der Waals surface area contributed by atoms with E-state index in [1.807, 2.05) is 0 Å². The van der Waals surface area contributed by atoms with Crippen molar-refractivity contribution in [1.82, 2.24) is 9.29 Å². The molecule has 19 heavy (non-hydrogen) atoms. The molecule has 1 aromatic rings. The molecule has 1 fully saturated rings. The highest BCUT2D eigenvalue weighted by atomic mass is 32.2. The molecule has 106 valence electrons. The summed E-state index contributed by atoms with van der Waals surface area (Å²) < 4.78 is 40.9. The van der Waals surface area contributed by atoms with E-state index in [0.717, 1.165) is 32.1 Å². The SMILES string of the molecule is CN(C1CCCCC1)S(=O)(=O)Nc1cccc(F)n1. The van der Waals surface area contributed by atoms with Gasteiger partial charge in [-0.15, -0.1) is 0 Å². The van der Waals surface area contributed by atoms with Gasteiger partial charge in [0.1, 0.15) is 5.82 Å². The Balaban J connectivity index is 2.08. The molecule has 0 bridgehead atoms. The van der Waals surface area contributed by atoms with Crippen LogP contribution >= 0.6 is 0 Å². The number of halogens is 1. The lowest BCUT2D eigenvalue weighted by molar-refractivity contribution is 0.287. The molecular formula is C12H18FN3O2S. The van der Waals surface area contributed by atoms with Gasteiger partial charge in [0.25, 0.3) is 0 Å². The van der Waals surface area contributed by atoms with Crippen LogP contribution in [0.3, 0.4) is 0 Å². The predicted molar refractivity (Wildman–Crippen MR) is 71.4 cm³/mol. The first kappa shape index (κ1) is 14.2. The summed E-state index contributed by atoms with van der Waals surface area (Å²) in [6.07, 6.45) is 4.98. The van der Waals surface area contributed by atoms with Gasteiger partial charge in [-0.05, 0) is 25.0 Å². The maximum atomic E-state index is 12.9. The number of nitrogens with one attached hydrogen (secondary N) is 1. The number of rotatable bonds is 4. The van der Waals surface area contributed by atoms with Gasteiger partial charge in [0.15, 0.2) is 0 Å². The van der Waals surface area contributed by atoms with Gasteiger partial charge in [0, 0.05) is 13.1 Å². The van der Waals surface area contributed by atoms with Gasteiger partial charge in [-0.25, -0.2) is 4.98 Å². The van der Waals surface area contributed by atoms with Gasteiger partial charge in [-0.1, -0.05) is 25.3 Å². The Morgan fingerprint density at radius 1 is 1.32 bits per heavy atom. The molecule has 0 aliphatic heterocycles. The zero-order valence-corrected chi connectivity index (χ0v) is 11.7. The van der Waals surface area contributed by atoms with Gasteiger partial charge in [-0.3, -0.25) is 4.72 Å². The predicted octanol–water partition coefficient (Wildman–Crippen LogP) is 2.14. The van der Waals surface area contributed by atoms with Crippen molar-refractivity contribution >= 4 is 16.0 Å². The summed E-state index contributed by atoms with van der Waals surface area (Å²) in [5.41, 5.74) is 0. The largest absolute Gasteiger partial charge is 0.302 e. The van der Waals surface area contributed by atoms with Gasteiger partial charge in [-0.2, -0.15) is 17.1 Å². The van der Waals surface area contributed by atoms with Crippen LogP contribution in [-0.2, 0) is 10.2 Å². The Bertz CT molecular complexity index is 530. The van der Waals surface area contributed by atoms with Crippen molar-refractivity contribution in [3.63, 3.8) is 0 Å². The lowest BCUT2D eigenvalue weighted by Gasteiger charge is -2.30. The third-order valence-electron chi connectivity index (χ3n) is 3.42. The Kier molecular flexibility index (Phi) is 4.36.